The molecular weight excluding hydrogens is 348 g/mol. The maximum atomic E-state index is 10.6. The third kappa shape index (κ3) is 2.91. The Labute approximate surface area is 153 Å². The van der Waals surface area contributed by atoms with Crippen LogP contribution in [0.15, 0.2) is 63.9 Å². The van der Waals surface area contributed by atoms with Gasteiger partial charge in [-0.15, -0.1) is 0 Å². The van der Waals surface area contributed by atoms with Crippen molar-refractivity contribution >= 4 is 39.5 Å². The summed E-state index contributed by atoms with van der Waals surface area (Å²) in [6.45, 7) is 1.79. The van der Waals surface area contributed by atoms with Gasteiger partial charge in [0.2, 0.25) is 0 Å². The molecule has 0 spiro atoms. The standard InChI is InChI=1S/C19H14N4O2S/c1-11(26-19-23-15-8-4-5-9-16(15)25-19)17(24)12(10-20)18-21-13-6-2-3-7-14(13)22-18/h2-9,11,24H,1H3,(H,21,22)/t11-/m1/s1. The lowest BCUT2D eigenvalue weighted by Gasteiger charge is -2.09. The largest absolute Gasteiger partial charge is 0.510 e. The monoisotopic (exact) mass is 362 g/mol. The summed E-state index contributed by atoms with van der Waals surface area (Å²) >= 11 is 1.24. The zero-order valence-electron chi connectivity index (χ0n) is 13.8. The summed E-state index contributed by atoms with van der Waals surface area (Å²) in [7, 11) is 0. The van der Waals surface area contributed by atoms with Gasteiger partial charge in [0.15, 0.2) is 11.4 Å². The molecule has 0 aliphatic carbocycles. The molecule has 0 aliphatic heterocycles. The Morgan fingerprint density at radius 1 is 1.15 bits per heavy atom. The number of H-pyrrole nitrogens is 1. The fourth-order valence-electron chi connectivity index (χ4n) is 2.61. The second-order valence-electron chi connectivity index (χ2n) is 5.68. The van der Waals surface area contributed by atoms with Gasteiger partial charge in [-0.1, -0.05) is 36.0 Å². The predicted molar refractivity (Wildman–Crippen MR) is 101 cm³/mol. The Morgan fingerprint density at radius 3 is 2.62 bits per heavy atom. The number of aromatic amines is 1. The first-order valence-corrected chi connectivity index (χ1v) is 8.84. The average molecular weight is 362 g/mol. The van der Waals surface area contributed by atoms with Gasteiger partial charge in [0.25, 0.3) is 5.22 Å². The fraction of sp³-hybridized carbons (Fsp3) is 0.105. The molecule has 2 heterocycles. The number of nitrogens with zero attached hydrogens (tertiary/aromatic N) is 3. The Balaban J connectivity index is 1.66. The van der Waals surface area contributed by atoms with Crippen molar-refractivity contribution in [2.75, 3.05) is 0 Å². The summed E-state index contributed by atoms with van der Waals surface area (Å²) in [5, 5.41) is 20.1. The highest BCUT2D eigenvalue weighted by molar-refractivity contribution is 7.99. The Morgan fingerprint density at radius 2 is 1.88 bits per heavy atom. The van der Waals surface area contributed by atoms with Gasteiger partial charge in [-0.05, 0) is 31.2 Å². The van der Waals surface area contributed by atoms with E-state index in [1.54, 1.807) is 6.92 Å². The number of nitriles is 1. The van der Waals surface area contributed by atoms with E-state index in [-0.39, 0.29) is 11.3 Å². The number of thioether (sulfide) groups is 1. The number of allylic oxidation sites excluding steroid dienone is 1. The zero-order chi connectivity index (χ0) is 18.1. The molecular formula is C19H14N4O2S. The first-order valence-electron chi connectivity index (χ1n) is 7.96. The molecule has 2 aromatic heterocycles. The summed E-state index contributed by atoms with van der Waals surface area (Å²) in [5.41, 5.74) is 3.09. The molecule has 0 unspecified atom stereocenters. The van der Waals surface area contributed by atoms with Crippen LogP contribution in [0.1, 0.15) is 12.7 Å². The molecule has 0 aliphatic rings. The summed E-state index contributed by atoms with van der Waals surface area (Å²) in [5.74, 6) is 0.273. The van der Waals surface area contributed by atoms with Crippen LogP contribution in [0, 0.1) is 11.3 Å². The van der Waals surface area contributed by atoms with Crippen LogP contribution in [-0.2, 0) is 0 Å². The van der Waals surface area contributed by atoms with Crippen molar-refractivity contribution in [3.63, 3.8) is 0 Å². The smallest absolute Gasteiger partial charge is 0.257 e. The Bertz CT molecular complexity index is 1100. The van der Waals surface area contributed by atoms with Crippen molar-refractivity contribution in [2.24, 2.45) is 0 Å². The van der Waals surface area contributed by atoms with E-state index in [1.807, 2.05) is 54.6 Å². The molecule has 0 bridgehead atoms. The number of aromatic nitrogens is 3. The molecule has 0 radical (unpaired) electrons. The number of aliphatic hydroxyl groups is 1. The van der Waals surface area contributed by atoms with Crippen LogP contribution in [-0.4, -0.2) is 25.3 Å². The van der Waals surface area contributed by atoms with Crippen LogP contribution in [0.5, 0.6) is 0 Å². The summed E-state index contributed by atoms with van der Waals surface area (Å²) < 4.78 is 5.67. The van der Waals surface area contributed by atoms with Gasteiger partial charge in [-0.2, -0.15) is 5.26 Å². The van der Waals surface area contributed by atoms with Crippen LogP contribution < -0.4 is 0 Å². The molecule has 4 rings (SSSR count). The van der Waals surface area contributed by atoms with E-state index in [0.717, 1.165) is 16.6 Å². The number of hydrogen-bond acceptors (Lipinski definition) is 6. The second-order valence-corrected chi connectivity index (χ2v) is 6.97. The lowest BCUT2D eigenvalue weighted by Crippen LogP contribution is -2.04. The topological polar surface area (TPSA) is 98.7 Å². The average Bonchev–Trinajstić information content (AvgIpc) is 3.25. The summed E-state index contributed by atoms with van der Waals surface area (Å²) in [6.07, 6.45) is 0. The summed E-state index contributed by atoms with van der Waals surface area (Å²) in [6, 6.07) is 17.0. The number of nitrogens with one attached hydrogen (secondary N) is 1. The second kappa shape index (κ2) is 6.58. The van der Waals surface area contributed by atoms with Gasteiger partial charge in [-0.3, -0.25) is 0 Å². The molecule has 2 aromatic carbocycles. The van der Waals surface area contributed by atoms with Gasteiger partial charge in [-0.25, -0.2) is 9.97 Å². The quantitative estimate of drug-likeness (QED) is 0.311. The van der Waals surface area contributed by atoms with Gasteiger partial charge < -0.3 is 14.5 Å². The molecule has 6 nitrogen and oxygen atoms in total. The van der Waals surface area contributed by atoms with Crippen LogP contribution in [0.2, 0.25) is 0 Å². The molecule has 0 saturated heterocycles. The normalized spacial score (nSPS) is 13.5. The first kappa shape index (κ1) is 16.2. The number of hydrogen-bond donors (Lipinski definition) is 2. The maximum absolute atomic E-state index is 10.6. The first-order chi connectivity index (χ1) is 12.7. The third-order valence-corrected chi connectivity index (χ3v) is 4.88. The SMILES string of the molecule is C[C@@H](Sc1nc2ccccc2o1)C(O)=C(C#N)c1nc2ccccc2[nH]1. The number of benzene rings is 2. The zero-order valence-corrected chi connectivity index (χ0v) is 14.6. The van der Waals surface area contributed by atoms with Crippen molar-refractivity contribution in [1.29, 1.82) is 5.26 Å². The van der Waals surface area contributed by atoms with Gasteiger partial charge in [0.1, 0.15) is 22.9 Å². The Kier molecular flexibility index (Phi) is 4.11. The van der Waals surface area contributed by atoms with Crippen molar-refractivity contribution in [3.05, 3.63) is 60.1 Å². The molecule has 128 valence electrons. The minimum atomic E-state index is -0.425. The molecule has 0 amide bonds. The number of imidazole rings is 1. The number of aliphatic hydroxyl groups excluding tert-OH is 1. The van der Waals surface area contributed by atoms with Gasteiger partial charge in [0, 0.05) is 0 Å². The van der Waals surface area contributed by atoms with E-state index in [9.17, 15) is 10.4 Å². The molecule has 26 heavy (non-hydrogen) atoms. The fourth-order valence-corrected chi connectivity index (χ4v) is 3.44. The highest BCUT2D eigenvalue weighted by Crippen LogP contribution is 2.31. The molecule has 0 saturated carbocycles. The van der Waals surface area contributed by atoms with E-state index >= 15 is 0 Å². The van der Waals surface area contributed by atoms with Gasteiger partial charge in [0.05, 0.1) is 16.3 Å². The van der Waals surface area contributed by atoms with Crippen LogP contribution in [0.25, 0.3) is 27.7 Å². The van der Waals surface area contributed by atoms with Gasteiger partial charge >= 0.3 is 0 Å². The molecule has 4 aromatic rings. The van der Waals surface area contributed by atoms with Crippen molar-refractivity contribution in [3.8, 4) is 6.07 Å². The van der Waals surface area contributed by atoms with Crippen molar-refractivity contribution in [2.45, 2.75) is 17.4 Å². The van der Waals surface area contributed by atoms with Crippen LogP contribution in [0.3, 0.4) is 0 Å². The van der Waals surface area contributed by atoms with E-state index in [4.69, 9.17) is 4.42 Å². The number of rotatable bonds is 4. The highest BCUT2D eigenvalue weighted by Gasteiger charge is 2.21. The van der Waals surface area contributed by atoms with E-state index in [0.29, 0.717) is 16.6 Å². The maximum Gasteiger partial charge on any atom is 0.257 e. The molecule has 0 fully saturated rings. The predicted octanol–water partition coefficient (Wildman–Crippen LogP) is 4.68. The molecule has 7 heteroatoms. The lowest BCUT2D eigenvalue weighted by atomic mass is 10.2. The van der Waals surface area contributed by atoms with Crippen molar-refractivity contribution < 1.29 is 9.52 Å². The number of fused-ring (bicyclic) bond motifs is 2. The van der Waals surface area contributed by atoms with Crippen LogP contribution >= 0.6 is 11.8 Å². The van der Waals surface area contributed by atoms with E-state index in [1.165, 1.54) is 11.8 Å². The number of para-hydroxylation sites is 4. The highest BCUT2D eigenvalue weighted by atomic mass is 32.2. The minimum absolute atomic E-state index is 0.0705. The Hall–Kier alpha value is -3.24. The van der Waals surface area contributed by atoms with Crippen LogP contribution in [0.4, 0.5) is 0 Å². The number of oxazole rings is 1. The minimum Gasteiger partial charge on any atom is -0.510 e. The van der Waals surface area contributed by atoms with E-state index < -0.39 is 5.25 Å². The third-order valence-electron chi connectivity index (χ3n) is 3.93. The lowest BCUT2D eigenvalue weighted by molar-refractivity contribution is 0.400. The molecule has 2 N–H and O–H groups in total. The van der Waals surface area contributed by atoms with E-state index in [2.05, 4.69) is 15.0 Å². The molecule has 1 atom stereocenters. The van der Waals surface area contributed by atoms with Crippen molar-refractivity contribution in [1.82, 2.24) is 15.0 Å². The summed E-state index contributed by atoms with van der Waals surface area (Å²) in [4.78, 5) is 11.8.